The molecule has 1 heterocycles. The van der Waals surface area contributed by atoms with Crippen LogP contribution in [0.3, 0.4) is 0 Å². The second-order valence-electron chi connectivity index (χ2n) is 1.46. The number of ether oxygens (including phenoxy) is 2. The lowest BCUT2D eigenvalue weighted by atomic mass is 10.4. The summed E-state index contributed by atoms with van der Waals surface area (Å²) in [4.78, 5) is 0. The lowest BCUT2D eigenvalue weighted by Gasteiger charge is -1.97. The van der Waals surface area contributed by atoms with Crippen molar-refractivity contribution in [2.45, 2.75) is 6.10 Å². The molecule has 3 heteroatoms. The van der Waals surface area contributed by atoms with Crippen LogP contribution in [0.1, 0.15) is 0 Å². The SMILES string of the molecule is C=C.OCC1COCO1. The van der Waals surface area contributed by atoms with Crippen LogP contribution in [0.15, 0.2) is 13.2 Å². The fourth-order valence-corrected chi connectivity index (χ4v) is 0.477. The smallest absolute Gasteiger partial charge is 0.147 e. The lowest BCUT2D eigenvalue weighted by Crippen LogP contribution is -2.13. The molecule has 0 aromatic heterocycles. The molecule has 3 nitrogen and oxygen atoms in total. The van der Waals surface area contributed by atoms with Crippen molar-refractivity contribution in [2.75, 3.05) is 20.0 Å². The first-order valence-corrected chi connectivity index (χ1v) is 2.73. The van der Waals surface area contributed by atoms with Gasteiger partial charge in [0.15, 0.2) is 0 Å². The Labute approximate surface area is 54.9 Å². The van der Waals surface area contributed by atoms with Crippen LogP contribution in [0.2, 0.25) is 0 Å². The predicted octanol–water partition coefficient (Wildman–Crippen LogP) is 0.154. The minimum atomic E-state index is -0.0694. The van der Waals surface area contributed by atoms with Crippen LogP contribution in [-0.2, 0) is 9.47 Å². The zero-order valence-electron chi connectivity index (χ0n) is 5.38. The first-order chi connectivity index (χ1) is 4.43. The monoisotopic (exact) mass is 132 g/mol. The van der Waals surface area contributed by atoms with E-state index in [1.165, 1.54) is 0 Å². The Balaban J connectivity index is 0.000000291. The predicted molar refractivity (Wildman–Crippen MR) is 34.0 cm³/mol. The Hall–Kier alpha value is -0.380. The van der Waals surface area contributed by atoms with Crippen LogP contribution in [-0.4, -0.2) is 31.2 Å². The highest BCUT2D eigenvalue weighted by atomic mass is 16.7. The summed E-state index contributed by atoms with van der Waals surface area (Å²) in [6, 6.07) is 0. The molecular weight excluding hydrogens is 120 g/mol. The van der Waals surface area contributed by atoms with Crippen molar-refractivity contribution in [3.05, 3.63) is 13.2 Å². The number of aliphatic hydroxyl groups excluding tert-OH is 1. The van der Waals surface area contributed by atoms with Gasteiger partial charge in [0, 0.05) is 0 Å². The molecule has 1 N–H and O–H groups in total. The summed E-state index contributed by atoms with van der Waals surface area (Å²) < 4.78 is 9.60. The molecule has 0 aliphatic carbocycles. The third-order valence-corrected chi connectivity index (χ3v) is 0.894. The fourth-order valence-electron chi connectivity index (χ4n) is 0.477. The maximum absolute atomic E-state index is 8.36. The van der Waals surface area contributed by atoms with Crippen molar-refractivity contribution in [2.24, 2.45) is 0 Å². The van der Waals surface area contributed by atoms with E-state index in [1.807, 2.05) is 0 Å². The summed E-state index contributed by atoms with van der Waals surface area (Å²) in [6.07, 6.45) is -0.0694. The Kier molecular flexibility index (Phi) is 5.51. The lowest BCUT2D eigenvalue weighted by molar-refractivity contribution is 0.0280. The van der Waals surface area contributed by atoms with Gasteiger partial charge in [0.1, 0.15) is 12.9 Å². The molecule has 0 spiro atoms. The van der Waals surface area contributed by atoms with Gasteiger partial charge >= 0.3 is 0 Å². The van der Waals surface area contributed by atoms with Gasteiger partial charge in [0.2, 0.25) is 0 Å². The molecule has 1 atom stereocenters. The molecule has 0 saturated carbocycles. The molecule has 1 aliphatic rings. The van der Waals surface area contributed by atoms with Crippen LogP contribution < -0.4 is 0 Å². The van der Waals surface area contributed by atoms with Crippen molar-refractivity contribution in [1.29, 1.82) is 0 Å². The second-order valence-corrected chi connectivity index (χ2v) is 1.46. The van der Waals surface area contributed by atoms with E-state index in [0.717, 1.165) is 0 Å². The van der Waals surface area contributed by atoms with E-state index < -0.39 is 0 Å². The molecule has 0 radical (unpaired) electrons. The number of hydrogen-bond donors (Lipinski definition) is 1. The minimum Gasteiger partial charge on any atom is -0.394 e. The molecule has 1 saturated heterocycles. The number of rotatable bonds is 1. The average Bonchev–Trinajstić information content (AvgIpc) is 2.43. The zero-order chi connectivity index (χ0) is 7.11. The average molecular weight is 132 g/mol. The molecule has 54 valence electrons. The molecular formula is C6H12O3. The maximum Gasteiger partial charge on any atom is 0.147 e. The Morgan fingerprint density at radius 2 is 2.22 bits per heavy atom. The standard InChI is InChI=1S/C4H8O3.C2H4/c5-1-4-2-6-3-7-4;1-2/h4-5H,1-3H2;1-2H2. The van der Waals surface area contributed by atoms with Crippen LogP contribution in [0, 0.1) is 0 Å². The molecule has 1 aliphatic heterocycles. The van der Waals surface area contributed by atoms with Gasteiger partial charge in [-0.1, -0.05) is 0 Å². The van der Waals surface area contributed by atoms with Crippen LogP contribution >= 0.6 is 0 Å². The van der Waals surface area contributed by atoms with Crippen molar-refractivity contribution in [1.82, 2.24) is 0 Å². The molecule has 1 unspecified atom stereocenters. The van der Waals surface area contributed by atoms with E-state index in [4.69, 9.17) is 14.6 Å². The Morgan fingerprint density at radius 3 is 2.44 bits per heavy atom. The molecule has 9 heavy (non-hydrogen) atoms. The molecule has 0 aromatic rings. The molecule has 1 rings (SSSR count). The summed E-state index contributed by atoms with van der Waals surface area (Å²) in [5.74, 6) is 0. The molecule has 0 bridgehead atoms. The van der Waals surface area contributed by atoms with Crippen LogP contribution in [0.25, 0.3) is 0 Å². The number of aliphatic hydroxyl groups is 1. The van der Waals surface area contributed by atoms with Gasteiger partial charge in [-0.3, -0.25) is 0 Å². The molecule has 1 fully saturated rings. The van der Waals surface area contributed by atoms with E-state index in [2.05, 4.69) is 13.2 Å². The zero-order valence-corrected chi connectivity index (χ0v) is 5.38. The summed E-state index contributed by atoms with van der Waals surface area (Å²) in [6.45, 7) is 6.95. The first kappa shape index (κ1) is 8.62. The third-order valence-electron chi connectivity index (χ3n) is 0.894. The summed E-state index contributed by atoms with van der Waals surface area (Å²) >= 11 is 0. The van der Waals surface area contributed by atoms with E-state index in [0.29, 0.717) is 13.4 Å². The van der Waals surface area contributed by atoms with Crippen LogP contribution in [0.4, 0.5) is 0 Å². The Bertz CT molecular complexity index is 59.3. The van der Waals surface area contributed by atoms with Gasteiger partial charge in [-0.25, -0.2) is 0 Å². The minimum absolute atomic E-state index is 0.0694. The van der Waals surface area contributed by atoms with E-state index in [-0.39, 0.29) is 12.7 Å². The quantitative estimate of drug-likeness (QED) is 0.516. The van der Waals surface area contributed by atoms with Gasteiger partial charge in [0.05, 0.1) is 13.2 Å². The van der Waals surface area contributed by atoms with Crippen molar-refractivity contribution >= 4 is 0 Å². The molecule has 0 aromatic carbocycles. The van der Waals surface area contributed by atoms with Gasteiger partial charge in [-0.05, 0) is 0 Å². The van der Waals surface area contributed by atoms with E-state index in [9.17, 15) is 0 Å². The van der Waals surface area contributed by atoms with Gasteiger partial charge in [-0.2, -0.15) is 0 Å². The third kappa shape index (κ3) is 3.24. The summed E-state index contributed by atoms with van der Waals surface area (Å²) in [7, 11) is 0. The highest BCUT2D eigenvalue weighted by Crippen LogP contribution is 1.99. The van der Waals surface area contributed by atoms with Crippen molar-refractivity contribution < 1.29 is 14.6 Å². The van der Waals surface area contributed by atoms with Gasteiger partial charge in [-0.15, -0.1) is 13.2 Å². The summed E-state index contributed by atoms with van der Waals surface area (Å²) in [5, 5.41) is 8.36. The first-order valence-electron chi connectivity index (χ1n) is 2.73. The largest absolute Gasteiger partial charge is 0.394 e. The Morgan fingerprint density at radius 1 is 1.56 bits per heavy atom. The van der Waals surface area contributed by atoms with E-state index >= 15 is 0 Å². The molecule has 0 amide bonds. The summed E-state index contributed by atoms with van der Waals surface area (Å²) in [5.41, 5.74) is 0. The fraction of sp³-hybridized carbons (Fsp3) is 0.667. The van der Waals surface area contributed by atoms with Gasteiger partial charge < -0.3 is 14.6 Å². The highest BCUT2D eigenvalue weighted by molar-refractivity contribution is 4.55. The highest BCUT2D eigenvalue weighted by Gasteiger charge is 2.13. The maximum atomic E-state index is 8.36. The van der Waals surface area contributed by atoms with Gasteiger partial charge in [0.25, 0.3) is 0 Å². The normalized spacial score (nSPS) is 24.8. The van der Waals surface area contributed by atoms with Crippen molar-refractivity contribution in [3.63, 3.8) is 0 Å². The van der Waals surface area contributed by atoms with Crippen LogP contribution in [0.5, 0.6) is 0 Å². The number of hydrogen-bond acceptors (Lipinski definition) is 3. The van der Waals surface area contributed by atoms with Crippen molar-refractivity contribution in [3.8, 4) is 0 Å². The van der Waals surface area contributed by atoms with E-state index in [1.54, 1.807) is 0 Å². The topological polar surface area (TPSA) is 38.7 Å². The second kappa shape index (κ2) is 5.75.